The standard InChI is InChI=1S/C15H19N3O3/c19-14(18-7-6-12-4-2-1-3-5-12)11-21-15(20)13-10-16-8-9-17-13/h4,8-10H,1-3,5-7,11H2,(H,18,19). The number of ether oxygens (including phenoxy) is 1. The number of aromatic nitrogens is 2. The first-order valence-electron chi connectivity index (χ1n) is 7.13. The highest BCUT2D eigenvalue weighted by atomic mass is 16.5. The summed E-state index contributed by atoms with van der Waals surface area (Å²) < 4.78 is 4.86. The molecule has 1 aliphatic carbocycles. The smallest absolute Gasteiger partial charge is 0.359 e. The summed E-state index contributed by atoms with van der Waals surface area (Å²) in [7, 11) is 0. The predicted molar refractivity (Wildman–Crippen MR) is 76.5 cm³/mol. The van der Waals surface area contributed by atoms with Gasteiger partial charge in [-0.25, -0.2) is 9.78 Å². The number of nitrogens with zero attached hydrogens (tertiary/aromatic N) is 2. The van der Waals surface area contributed by atoms with Gasteiger partial charge in [0.2, 0.25) is 0 Å². The van der Waals surface area contributed by atoms with Crippen LogP contribution in [0.2, 0.25) is 0 Å². The van der Waals surface area contributed by atoms with Gasteiger partial charge in [-0.1, -0.05) is 11.6 Å². The lowest BCUT2D eigenvalue weighted by atomic mass is 9.97. The van der Waals surface area contributed by atoms with Crippen molar-refractivity contribution in [1.29, 1.82) is 0 Å². The SMILES string of the molecule is O=C(COC(=O)c1cnccn1)NCCC1=CCCCC1. The summed E-state index contributed by atoms with van der Waals surface area (Å²) in [6.07, 6.45) is 12.0. The van der Waals surface area contributed by atoms with E-state index in [1.54, 1.807) is 0 Å². The van der Waals surface area contributed by atoms with E-state index in [4.69, 9.17) is 4.74 Å². The van der Waals surface area contributed by atoms with Crippen molar-refractivity contribution in [2.24, 2.45) is 0 Å². The summed E-state index contributed by atoms with van der Waals surface area (Å²) in [6, 6.07) is 0. The van der Waals surface area contributed by atoms with Crippen LogP contribution in [0.15, 0.2) is 30.2 Å². The number of esters is 1. The Bertz CT molecular complexity index is 514. The molecule has 6 heteroatoms. The van der Waals surface area contributed by atoms with E-state index in [2.05, 4.69) is 21.4 Å². The third-order valence-electron chi connectivity index (χ3n) is 3.26. The van der Waals surface area contributed by atoms with Crippen molar-refractivity contribution in [3.05, 3.63) is 35.9 Å². The molecular weight excluding hydrogens is 270 g/mol. The number of rotatable bonds is 6. The van der Waals surface area contributed by atoms with E-state index in [0.29, 0.717) is 6.54 Å². The Kier molecular flexibility index (Phi) is 5.87. The van der Waals surface area contributed by atoms with Crippen molar-refractivity contribution in [3.8, 4) is 0 Å². The zero-order valence-electron chi connectivity index (χ0n) is 11.9. The highest BCUT2D eigenvalue weighted by molar-refractivity contribution is 5.89. The van der Waals surface area contributed by atoms with Crippen molar-refractivity contribution in [2.45, 2.75) is 32.1 Å². The lowest BCUT2D eigenvalue weighted by molar-refractivity contribution is -0.124. The van der Waals surface area contributed by atoms with Crippen LogP contribution in [-0.4, -0.2) is 35.0 Å². The number of allylic oxidation sites excluding steroid dienone is 1. The fourth-order valence-electron chi connectivity index (χ4n) is 2.15. The van der Waals surface area contributed by atoms with Crippen molar-refractivity contribution in [3.63, 3.8) is 0 Å². The van der Waals surface area contributed by atoms with E-state index in [0.717, 1.165) is 19.3 Å². The van der Waals surface area contributed by atoms with Crippen molar-refractivity contribution in [1.82, 2.24) is 15.3 Å². The molecule has 0 spiro atoms. The van der Waals surface area contributed by atoms with Crippen LogP contribution in [0, 0.1) is 0 Å². The van der Waals surface area contributed by atoms with Crippen LogP contribution in [0.25, 0.3) is 0 Å². The molecule has 0 unspecified atom stereocenters. The summed E-state index contributed by atoms with van der Waals surface area (Å²) in [5.41, 5.74) is 1.50. The summed E-state index contributed by atoms with van der Waals surface area (Å²) in [6.45, 7) is 0.280. The quantitative estimate of drug-likeness (QED) is 0.636. The maximum Gasteiger partial charge on any atom is 0.359 e. The monoisotopic (exact) mass is 289 g/mol. The molecule has 1 aromatic heterocycles. The van der Waals surface area contributed by atoms with Crippen molar-refractivity contribution < 1.29 is 14.3 Å². The first kappa shape index (κ1) is 15.2. The molecule has 0 aliphatic heterocycles. The molecule has 21 heavy (non-hydrogen) atoms. The minimum Gasteiger partial charge on any atom is -0.451 e. The Morgan fingerprint density at radius 2 is 2.19 bits per heavy atom. The molecule has 6 nitrogen and oxygen atoms in total. The molecule has 0 radical (unpaired) electrons. The van der Waals surface area contributed by atoms with Gasteiger partial charge in [-0.3, -0.25) is 9.78 Å². The molecule has 0 atom stereocenters. The van der Waals surface area contributed by atoms with E-state index < -0.39 is 5.97 Å². The normalized spacial score (nSPS) is 14.2. The number of carbonyl (C=O) groups excluding carboxylic acids is 2. The fraction of sp³-hybridized carbons (Fsp3) is 0.467. The van der Waals surface area contributed by atoms with Crippen LogP contribution < -0.4 is 5.32 Å². The van der Waals surface area contributed by atoms with E-state index in [-0.39, 0.29) is 18.2 Å². The molecule has 1 amide bonds. The van der Waals surface area contributed by atoms with Gasteiger partial charge in [0.05, 0.1) is 6.20 Å². The Morgan fingerprint density at radius 1 is 1.29 bits per heavy atom. The second kappa shape index (κ2) is 8.14. The zero-order valence-corrected chi connectivity index (χ0v) is 11.9. The van der Waals surface area contributed by atoms with Crippen LogP contribution in [-0.2, 0) is 9.53 Å². The van der Waals surface area contributed by atoms with Gasteiger partial charge in [-0.05, 0) is 32.1 Å². The summed E-state index contributed by atoms with van der Waals surface area (Å²) in [4.78, 5) is 30.7. The molecule has 1 aliphatic rings. The van der Waals surface area contributed by atoms with Gasteiger partial charge in [-0.2, -0.15) is 0 Å². The van der Waals surface area contributed by atoms with Gasteiger partial charge < -0.3 is 10.1 Å². The third-order valence-corrected chi connectivity index (χ3v) is 3.26. The maximum atomic E-state index is 11.6. The highest BCUT2D eigenvalue weighted by Crippen LogP contribution is 2.19. The summed E-state index contributed by atoms with van der Waals surface area (Å²) in [5.74, 6) is -0.947. The molecule has 112 valence electrons. The van der Waals surface area contributed by atoms with E-state index in [1.165, 1.54) is 37.0 Å². The first-order valence-corrected chi connectivity index (χ1v) is 7.13. The van der Waals surface area contributed by atoms with Gasteiger partial charge in [0.25, 0.3) is 5.91 Å². The topological polar surface area (TPSA) is 81.2 Å². The van der Waals surface area contributed by atoms with Crippen molar-refractivity contribution in [2.75, 3.05) is 13.2 Å². The molecule has 1 aromatic rings. The second-order valence-electron chi connectivity index (χ2n) is 4.87. The lowest BCUT2D eigenvalue weighted by Crippen LogP contribution is -2.30. The van der Waals surface area contributed by atoms with Gasteiger partial charge in [0.1, 0.15) is 0 Å². The average molecular weight is 289 g/mol. The van der Waals surface area contributed by atoms with Gasteiger partial charge in [0.15, 0.2) is 12.3 Å². The number of amides is 1. The second-order valence-corrected chi connectivity index (χ2v) is 4.87. The van der Waals surface area contributed by atoms with Crippen LogP contribution in [0.4, 0.5) is 0 Å². The predicted octanol–water partition coefficient (Wildman–Crippen LogP) is 1.64. The Hall–Kier alpha value is -2.24. The Balaban J connectivity index is 1.63. The number of carbonyl (C=O) groups is 2. The van der Waals surface area contributed by atoms with E-state index in [1.807, 2.05) is 0 Å². The number of hydrogen-bond acceptors (Lipinski definition) is 5. The minimum atomic E-state index is -0.645. The Labute approximate surface area is 123 Å². The van der Waals surface area contributed by atoms with Crippen LogP contribution in [0.3, 0.4) is 0 Å². The average Bonchev–Trinajstić information content (AvgIpc) is 2.54. The lowest BCUT2D eigenvalue weighted by Gasteiger charge is -2.12. The first-order chi connectivity index (χ1) is 10.3. The van der Waals surface area contributed by atoms with Crippen LogP contribution in [0.1, 0.15) is 42.6 Å². The third kappa shape index (κ3) is 5.33. The largest absolute Gasteiger partial charge is 0.451 e. The molecule has 0 fully saturated rings. The molecule has 2 rings (SSSR count). The summed E-state index contributed by atoms with van der Waals surface area (Å²) >= 11 is 0. The molecule has 0 aromatic carbocycles. The maximum absolute atomic E-state index is 11.6. The van der Waals surface area contributed by atoms with Gasteiger partial charge in [0, 0.05) is 18.9 Å². The molecular formula is C15H19N3O3. The molecule has 1 heterocycles. The van der Waals surface area contributed by atoms with Crippen LogP contribution >= 0.6 is 0 Å². The highest BCUT2D eigenvalue weighted by Gasteiger charge is 2.11. The van der Waals surface area contributed by atoms with Gasteiger partial charge in [-0.15, -0.1) is 0 Å². The Morgan fingerprint density at radius 3 is 2.90 bits per heavy atom. The summed E-state index contributed by atoms with van der Waals surface area (Å²) in [5, 5.41) is 2.74. The van der Waals surface area contributed by atoms with Gasteiger partial charge >= 0.3 is 5.97 Å². The van der Waals surface area contributed by atoms with Crippen LogP contribution in [0.5, 0.6) is 0 Å². The van der Waals surface area contributed by atoms with E-state index in [9.17, 15) is 9.59 Å². The molecule has 0 saturated carbocycles. The molecule has 1 N–H and O–H groups in total. The fourth-order valence-corrected chi connectivity index (χ4v) is 2.15. The number of hydrogen-bond donors (Lipinski definition) is 1. The molecule has 0 bridgehead atoms. The van der Waals surface area contributed by atoms with E-state index >= 15 is 0 Å². The van der Waals surface area contributed by atoms with Crippen molar-refractivity contribution >= 4 is 11.9 Å². The molecule has 0 saturated heterocycles. The zero-order chi connectivity index (χ0) is 14.9. The number of nitrogens with one attached hydrogen (secondary N) is 1. The minimum absolute atomic E-state index is 0.0951.